The highest BCUT2D eigenvalue weighted by Crippen LogP contribution is 2.36. The minimum atomic E-state index is 0.296. The summed E-state index contributed by atoms with van der Waals surface area (Å²) in [6.45, 7) is 5.35. The normalized spacial score (nSPS) is 18.4. The molecule has 0 aromatic heterocycles. The Hall–Kier alpha value is 0.480. The number of aliphatic imine (C=N–C) groups is 1. The Morgan fingerprint density at radius 1 is 1.22 bits per heavy atom. The van der Waals surface area contributed by atoms with Crippen molar-refractivity contribution >= 4 is 70.4 Å². The summed E-state index contributed by atoms with van der Waals surface area (Å²) in [7, 11) is 0. The van der Waals surface area contributed by atoms with Gasteiger partial charge >= 0.3 is 0 Å². The van der Waals surface area contributed by atoms with Crippen molar-refractivity contribution in [2.75, 3.05) is 17.6 Å². The van der Waals surface area contributed by atoms with Crippen LogP contribution in [0.1, 0.15) is 13.8 Å². The molecule has 1 aromatic rings. The van der Waals surface area contributed by atoms with Crippen LogP contribution in [-0.4, -0.2) is 17.5 Å². The molecule has 1 aliphatic rings. The number of hydrogen-bond acceptors (Lipinski definition) is 3. The molecule has 0 fully saturated rings. The Morgan fingerprint density at radius 3 is 2.33 bits per heavy atom. The number of thioether (sulfide) groups is 1. The van der Waals surface area contributed by atoms with E-state index in [4.69, 9.17) is 0 Å². The number of amidine groups is 1. The lowest BCUT2D eigenvalue weighted by molar-refractivity contribution is 0.438. The van der Waals surface area contributed by atoms with E-state index in [0.29, 0.717) is 5.41 Å². The van der Waals surface area contributed by atoms with E-state index in [1.54, 1.807) is 11.8 Å². The van der Waals surface area contributed by atoms with Crippen molar-refractivity contribution in [3.8, 4) is 0 Å². The summed E-state index contributed by atoms with van der Waals surface area (Å²) in [4.78, 5) is 4.60. The summed E-state index contributed by atoms with van der Waals surface area (Å²) in [6.07, 6.45) is 0. The fourth-order valence-electron chi connectivity index (χ4n) is 1.48. The highest BCUT2D eigenvalue weighted by Gasteiger charge is 2.24. The second-order valence-corrected chi connectivity index (χ2v) is 8.53. The van der Waals surface area contributed by atoms with Crippen LogP contribution in [0.2, 0.25) is 0 Å². The molecule has 0 bridgehead atoms. The van der Waals surface area contributed by atoms with Gasteiger partial charge in [0, 0.05) is 25.7 Å². The quantitative estimate of drug-likeness (QED) is 0.602. The molecule has 0 unspecified atom stereocenters. The van der Waals surface area contributed by atoms with Gasteiger partial charge in [0.25, 0.3) is 0 Å². The van der Waals surface area contributed by atoms with Gasteiger partial charge in [-0.3, -0.25) is 4.99 Å². The van der Waals surface area contributed by atoms with Crippen LogP contribution in [-0.2, 0) is 0 Å². The lowest BCUT2D eigenvalue weighted by Gasteiger charge is -2.27. The maximum atomic E-state index is 4.60. The molecule has 18 heavy (non-hydrogen) atoms. The van der Waals surface area contributed by atoms with Gasteiger partial charge in [-0.1, -0.05) is 41.5 Å². The Morgan fingerprint density at radius 2 is 1.83 bits per heavy atom. The summed E-state index contributed by atoms with van der Waals surface area (Å²) >= 11 is 12.4. The molecule has 6 heteroatoms. The predicted octanol–water partition coefficient (Wildman–Crippen LogP) is 5.52. The average molecular weight is 457 g/mol. The second kappa shape index (κ2) is 5.85. The summed E-state index contributed by atoms with van der Waals surface area (Å²) < 4.78 is 3.06. The van der Waals surface area contributed by atoms with Gasteiger partial charge in [-0.15, -0.1) is 0 Å². The number of nitrogens with one attached hydrogen (secondary N) is 1. The Balaban J connectivity index is 2.18. The van der Waals surface area contributed by atoms with Gasteiger partial charge in [0.15, 0.2) is 5.17 Å². The van der Waals surface area contributed by atoms with Crippen LogP contribution in [0.3, 0.4) is 0 Å². The van der Waals surface area contributed by atoms with Gasteiger partial charge in [0.1, 0.15) is 0 Å². The van der Waals surface area contributed by atoms with Crippen LogP contribution < -0.4 is 5.32 Å². The van der Waals surface area contributed by atoms with E-state index in [2.05, 4.69) is 71.9 Å². The van der Waals surface area contributed by atoms with E-state index in [9.17, 15) is 0 Å². The van der Waals surface area contributed by atoms with Crippen molar-refractivity contribution < 1.29 is 0 Å². The molecule has 1 aliphatic heterocycles. The third-order valence-corrected chi connectivity index (χ3v) is 5.63. The minimum Gasteiger partial charge on any atom is -0.333 e. The van der Waals surface area contributed by atoms with Crippen LogP contribution in [0.25, 0.3) is 0 Å². The summed E-state index contributed by atoms with van der Waals surface area (Å²) in [5.74, 6) is 1.09. The van der Waals surface area contributed by atoms with E-state index >= 15 is 0 Å². The fraction of sp³-hybridized carbons (Fsp3) is 0.417. The lowest BCUT2D eigenvalue weighted by Crippen LogP contribution is -2.27. The Bertz CT molecular complexity index is 477. The smallest absolute Gasteiger partial charge is 0.161 e. The van der Waals surface area contributed by atoms with Crippen molar-refractivity contribution in [3.05, 3.63) is 25.6 Å². The summed E-state index contributed by atoms with van der Waals surface area (Å²) in [5.41, 5.74) is 1.31. The summed E-state index contributed by atoms with van der Waals surface area (Å²) in [5, 5.41) is 4.37. The van der Waals surface area contributed by atoms with Crippen LogP contribution in [0.15, 0.2) is 30.5 Å². The first-order chi connectivity index (χ1) is 8.37. The third-order valence-electron chi connectivity index (χ3n) is 2.49. The molecule has 98 valence electrons. The molecular formula is C12H13Br3N2S. The molecule has 0 aliphatic carbocycles. The first kappa shape index (κ1) is 14.9. The molecule has 0 amide bonds. The third kappa shape index (κ3) is 3.74. The van der Waals surface area contributed by atoms with Gasteiger partial charge < -0.3 is 5.32 Å². The van der Waals surface area contributed by atoms with Crippen molar-refractivity contribution in [3.63, 3.8) is 0 Å². The summed E-state index contributed by atoms with van der Waals surface area (Å²) in [6, 6.07) is 4.04. The molecule has 0 spiro atoms. The van der Waals surface area contributed by atoms with Crippen molar-refractivity contribution in [1.29, 1.82) is 0 Å². The number of nitrogens with zero attached hydrogens (tertiary/aromatic N) is 1. The molecule has 2 nitrogen and oxygen atoms in total. The maximum Gasteiger partial charge on any atom is 0.161 e. The highest BCUT2D eigenvalue weighted by molar-refractivity contribution is 9.11. The van der Waals surface area contributed by atoms with Crippen molar-refractivity contribution in [2.24, 2.45) is 10.4 Å². The molecule has 1 N–H and O–H groups in total. The monoisotopic (exact) mass is 454 g/mol. The number of anilines is 1. The Labute approximate surface area is 137 Å². The van der Waals surface area contributed by atoms with Gasteiger partial charge in [-0.2, -0.15) is 0 Å². The van der Waals surface area contributed by atoms with Crippen LogP contribution in [0.4, 0.5) is 5.69 Å². The minimum absolute atomic E-state index is 0.296. The van der Waals surface area contributed by atoms with E-state index in [0.717, 1.165) is 36.6 Å². The van der Waals surface area contributed by atoms with E-state index in [-0.39, 0.29) is 0 Å². The number of benzene rings is 1. The zero-order valence-corrected chi connectivity index (χ0v) is 15.6. The lowest BCUT2D eigenvalue weighted by atomic mass is 9.97. The average Bonchev–Trinajstić information content (AvgIpc) is 2.25. The SMILES string of the molecule is CC1(C)CN=C(Nc2c(Br)cc(Br)cc2Br)SC1. The largest absolute Gasteiger partial charge is 0.333 e. The second-order valence-electron chi connectivity index (χ2n) is 4.94. The molecule has 0 atom stereocenters. The van der Waals surface area contributed by atoms with Crippen molar-refractivity contribution in [2.45, 2.75) is 13.8 Å². The molecule has 0 radical (unpaired) electrons. The van der Waals surface area contributed by atoms with E-state index in [1.165, 1.54) is 0 Å². The predicted molar refractivity (Wildman–Crippen MR) is 91.7 cm³/mol. The molecule has 0 saturated carbocycles. The van der Waals surface area contributed by atoms with Gasteiger partial charge in [0.05, 0.1) is 5.69 Å². The Kier molecular flexibility index (Phi) is 4.84. The number of hydrogen-bond donors (Lipinski definition) is 1. The van der Waals surface area contributed by atoms with E-state index in [1.807, 2.05) is 12.1 Å². The van der Waals surface area contributed by atoms with E-state index < -0.39 is 0 Å². The molecular weight excluding hydrogens is 444 g/mol. The zero-order valence-electron chi connectivity index (χ0n) is 10.1. The molecule has 2 rings (SSSR count). The molecule has 1 heterocycles. The molecule has 1 aromatic carbocycles. The number of rotatable bonds is 1. The maximum absolute atomic E-state index is 4.60. The van der Waals surface area contributed by atoms with Gasteiger partial charge in [-0.25, -0.2) is 0 Å². The van der Waals surface area contributed by atoms with Crippen LogP contribution in [0, 0.1) is 5.41 Å². The first-order valence-electron chi connectivity index (χ1n) is 5.46. The molecule has 0 saturated heterocycles. The van der Waals surface area contributed by atoms with Gasteiger partial charge in [-0.05, 0) is 49.4 Å². The van der Waals surface area contributed by atoms with Crippen molar-refractivity contribution in [1.82, 2.24) is 0 Å². The van der Waals surface area contributed by atoms with Crippen LogP contribution in [0.5, 0.6) is 0 Å². The standard InChI is InChI=1S/C12H13Br3N2S/c1-12(2)5-16-11(18-6-12)17-10-8(14)3-7(13)4-9(10)15/h3-4H,5-6H2,1-2H3,(H,16,17). The highest BCUT2D eigenvalue weighted by atomic mass is 79.9. The topological polar surface area (TPSA) is 24.4 Å². The number of halogens is 3. The fourth-order valence-corrected chi connectivity index (χ4v) is 4.89. The first-order valence-corrected chi connectivity index (χ1v) is 8.83. The zero-order chi connectivity index (χ0) is 13.3. The van der Waals surface area contributed by atoms with Crippen LogP contribution >= 0.6 is 59.6 Å². The van der Waals surface area contributed by atoms with Gasteiger partial charge in [0.2, 0.25) is 0 Å².